The van der Waals surface area contributed by atoms with E-state index in [1.807, 2.05) is 12.2 Å². The van der Waals surface area contributed by atoms with Crippen LogP contribution in [0.5, 0.6) is 0 Å². The Balaban J connectivity index is 2.38. The molecule has 68 valence electrons. The Kier molecular flexibility index (Phi) is 1.77. The van der Waals surface area contributed by atoms with Crippen LogP contribution >= 0.6 is 0 Å². The highest BCUT2D eigenvalue weighted by Gasteiger charge is 2.37. The molecule has 0 aromatic rings. The lowest BCUT2D eigenvalue weighted by atomic mass is 9.97. The number of hydrazine groups is 1. The van der Waals surface area contributed by atoms with Gasteiger partial charge in [0.05, 0.1) is 0 Å². The largest absolute Gasteiger partial charge is 0.298 e. The molecule has 0 spiro atoms. The van der Waals surface area contributed by atoms with Crippen LogP contribution in [0.3, 0.4) is 0 Å². The average Bonchev–Trinajstić information content (AvgIpc) is 2.74. The van der Waals surface area contributed by atoms with Crippen molar-refractivity contribution in [2.24, 2.45) is 17.7 Å². The van der Waals surface area contributed by atoms with Gasteiger partial charge in [0.2, 0.25) is 0 Å². The van der Waals surface area contributed by atoms with Gasteiger partial charge >= 0.3 is 0 Å². The van der Waals surface area contributed by atoms with Gasteiger partial charge in [-0.2, -0.15) is 0 Å². The minimum absolute atomic E-state index is 0.0914. The fourth-order valence-corrected chi connectivity index (χ4v) is 2.09. The zero-order valence-corrected chi connectivity index (χ0v) is 6.99. The first-order chi connectivity index (χ1) is 6.27. The van der Waals surface area contributed by atoms with Gasteiger partial charge in [-0.05, 0) is 6.42 Å². The van der Waals surface area contributed by atoms with Crippen LogP contribution in [0.2, 0.25) is 0 Å². The van der Waals surface area contributed by atoms with Crippen LogP contribution in [0.25, 0.3) is 0 Å². The van der Waals surface area contributed by atoms with Gasteiger partial charge in [-0.25, -0.2) is 5.84 Å². The van der Waals surface area contributed by atoms with Crippen molar-refractivity contribution < 1.29 is 9.59 Å². The summed E-state index contributed by atoms with van der Waals surface area (Å²) in [6, 6.07) is 0. The molecule has 0 radical (unpaired) electrons. The Hall–Kier alpha value is -1.42. The smallest absolute Gasteiger partial charge is 0.262 e. The normalized spacial score (nSPS) is 29.6. The SMILES string of the molecule is NNC(=O)C1=C(C=O)C2C=CC1C2. The van der Waals surface area contributed by atoms with E-state index in [9.17, 15) is 9.59 Å². The van der Waals surface area contributed by atoms with Crippen molar-refractivity contribution in [3.8, 4) is 0 Å². The highest BCUT2D eigenvalue weighted by Crippen LogP contribution is 2.42. The van der Waals surface area contributed by atoms with Crippen molar-refractivity contribution in [3.63, 3.8) is 0 Å². The quantitative estimate of drug-likeness (QED) is 0.200. The van der Waals surface area contributed by atoms with Crippen LogP contribution < -0.4 is 11.3 Å². The second-order valence-electron chi connectivity index (χ2n) is 3.29. The van der Waals surface area contributed by atoms with Gasteiger partial charge in [-0.1, -0.05) is 12.2 Å². The zero-order valence-electron chi connectivity index (χ0n) is 6.99. The molecule has 13 heavy (non-hydrogen) atoms. The third kappa shape index (κ3) is 1.02. The summed E-state index contributed by atoms with van der Waals surface area (Å²) < 4.78 is 0. The lowest BCUT2D eigenvalue weighted by molar-refractivity contribution is -0.118. The molecule has 4 nitrogen and oxygen atoms in total. The minimum Gasteiger partial charge on any atom is -0.298 e. The molecule has 2 aliphatic carbocycles. The second kappa shape index (κ2) is 2.81. The Morgan fingerprint density at radius 2 is 2.23 bits per heavy atom. The van der Waals surface area contributed by atoms with Gasteiger partial charge < -0.3 is 0 Å². The second-order valence-corrected chi connectivity index (χ2v) is 3.29. The van der Waals surface area contributed by atoms with E-state index in [1.54, 1.807) is 0 Å². The van der Waals surface area contributed by atoms with Crippen molar-refractivity contribution in [1.82, 2.24) is 5.43 Å². The van der Waals surface area contributed by atoms with Gasteiger partial charge in [0.25, 0.3) is 5.91 Å². The van der Waals surface area contributed by atoms with Crippen LogP contribution in [-0.2, 0) is 9.59 Å². The van der Waals surface area contributed by atoms with Gasteiger partial charge in [0.15, 0.2) is 0 Å². The summed E-state index contributed by atoms with van der Waals surface area (Å²) in [5, 5.41) is 0. The number of rotatable bonds is 2. The number of hydrogen-bond acceptors (Lipinski definition) is 3. The highest BCUT2D eigenvalue weighted by molar-refractivity contribution is 6.01. The molecular weight excluding hydrogens is 168 g/mol. The number of allylic oxidation sites excluding steroid dienone is 3. The third-order valence-corrected chi connectivity index (χ3v) is 2.67. The maximum atomic E-state index is 11.3. The van der Waals surface area contributed by atoms with Crippen LogP contribution in [0, 0.1) is 11.8 Å². The first-order valence-electron chi connectivity index (χ1n) is 4.16. The van der Waals surface area contributed by atoms with Crippen LogP contribution in [0.4, 0.5) is 0 Å². The van der Waals surface area contributed by atoms with E-state index in [4.69, 9.17) is 5.84 Å². The maximum absolute atomic E-state index is 11.3. The topological polar surface area (TPSA) is 72.2 Å². The summed E-state index contributed by atoms with van der Waals surface area (Å²) in [6.45, 7) is 0. The van der Waals surface area contributed by atoms with Gasteiger partial charge in [-0.3, -0.25) is 15.0 Å². The first-order valence-corrected chi connectivity index (χ1v) is 4.16. The molecule has 2 aliphatic rings. The molecule has 3 N–H and O–H groups in total. The van der Waals surface area contributed by atoms with Crippen LogP contribution in [0.15, 0.2) is 23.3 Å². The first kappa shape index (κ1) is 8.19. The van der Waals surface area contributed by atoms with Crippen molar-refractivity contribution in [1.29, 1.82) is 0 Å². The molecule has 4 heteroatoms. The Morgan fingerprint density at radius 3 is 2.85 bits per heavy atom. The summed E-state index contributed by atoms with van der Waals surface area (Å²) in [4.78, 5) is 22.0. The standard InChI is InChI=1S/C9H10N2O2/c10-11-9(13)8-6-2-1-5(3-6)7(8)4-12/h1-2,4-6H,3,10H2,(H,11,13). The highest BCUT2D eigenvalue weighted by atomic mass is 16.2. The fourth-order valence-electron chi connectivity index (χ4n) is 2.09. The number of hydrogen-bond donors (Lipinski definition) is 2. The minimum atomic E-state index is -0.334. The average molecular weight is 178 g/mol. The number of nitrogens with one attached hydrogen (secondary N) is 1. The van der Waals surface area contributed by atoms with E-state index in [1.165, 1.54) is 0 Å². The molecular formula is C9H10N2O2. The summed E-state index contributed by atoms with van der Waals surface area (Å²) in [6.07, 6.45) is 5.54. The lowest BCUT2D eigenvalue weighted by Gasteiger charge is -2.09. The number of aldehydes is 1. The van der Waals surface area contributed by atoms with Crippen LogP contribution in [-0.4, -0.2) is 12.2 Å². The number of fused-ring (bicyclic) bond motifs is 2. The molecule has 2 atom stereocenters. The molecule has 0 aromatic carbocycles. The Labute approximate surface area is 75.5 Å². The predicted octanol–water partition coefficient (Wildman–Crippen LogP) is -0.322. The molecule has 0 aliphatic heterocycles. The molecule has 2 bridgehead atoms. The van der Waals surface area contributed by atoms with E-state index in [0.29, 0.717) is 11.1 Å². The molecule has 0 saturated heterocycles. The van der Waals surface area contributed by atoms with Crippen molar-refractivity contribution in [2.45, 2.75) is 6.42 Å². The summed E-state index contributed by atoms with van der Waals surface area (Å²) >= 11 is 0. The molecule has 2 unspecified atom stereocenters. The molecule has 0 heterocycles. The number of carbonyl (C=O) groups is 2. The lowest BCUT2D eigenvalue weighted by Crippen LogP contribution is -2.33. The van der Waals surface area contributed by atoms with Crippen molar-refractivity contribution >= 4 is 12.2 Å². The van der Waals surface area contributed by atoms with Gasteiger partial charge in [0.1, 0.15) is 6.29 Å². The van der Waals surface area contributed by atoms with Crippen molar-refractivity contribution in [3.05, 3.63) is 23.3 Å². The monoisotopic (exact) mass is 178 g/mol. The Bertz CT molecular complexity index is 331. The molecule has 2 rings (SSSR count). The summed E-state index contributed by atoms with van der Waals surface area (Å²) in [5.74, 6) is 4.92. The number of carbonyl (C=O) groups excluding carboxylic acids is 2. The fraction of sp³-hybridized carbons (Fsp3) is 0.333. The molecule has 0 saturated carbocycles. The number of nitrogens with two attached hydrogens (primary N) is 1. The summed E-state index contributed by atoms with van der Waals surface area (Å²) in [7, 11) is 0. The van der Waals surface area contributed by atoms with Crippen molar-refractivity contribution in [2.75, 3.05) is 0 Å². The molecule has 0 fully saturated rings. The molecule has 0 aromatic heterocycles. The van der Waals surface area contributed by atoms with E-state index in [2.05, 4.69) is 5.43 Å². The maximum Gasteiger partial charge on any atom is 0.262 e. The predicted molar refractivity (Wildman–Crippen MR) is 46.2 cm³/mol. The van der Waals surface area contributed by atoms with E-state index < -0.39 is 0 Å². The third-order valence-electron chi connectivity index (χ3n) is 2.67. The van der Waals surface area contributed by atoms with Gasteiger partial charge in [-0.15, -0.1) is 0 Å². The van der Waals surface area contributed by atoms with E-state index in [0.717, 1.165) is 12.7 Å². The zero-order chi connectivity index (χ0) is 9.42. The number of amides is 1. The Morgan fingerprint density at radius 1 is 1.54 bits per heavy atom. The van der Waals surface area contributed by atoms with E-state index in [-0.39, 0.29) is 17.7 Å². The van der Waals surface area contributed by atoms with Crippen LogP contribution in [0.1, 0.15) is 6.42 Å². The summed E-state index contributed by atoms with van der Waals surface area (Å²) in [5.41, 5.74) is 3.21. The van der Waals surface area contributed by atoms with E-state index >= 15 is 0 Å². The van der Waals surface area contributed by atoms with Gasteiger partial charge in [0, 0.05) is 23.0 Å². The molecule has 1 amide bonds.